The number of para-hydroxylation sites is 1. The first-order valence-corrected chi connectivity index (χ1v) is 10.6. The van der Waals surface area contributed by atoms with E-state index in [9.17, 15) is 4.79 Å². The molecule has 0 saturated carbocycles. The van der Waals surface area contributed by atoms with Crippen molar-refractivity contribution in [2.75, 3.05) is 24.9 Å². The van der Waals surface area contributed by atoms with Gasteiger partial charge in [-0.2, -0.15) is 0 Å². The summed E-state index contributed by atoms with van der Waals surface area (Å²) in [6.07, 6.45) is 0. The lowest BCUT2D eigenvalue weighted by atomic mass is 10.2. The molecule has 0 aliphatic carbocycles. The van der Waals surface area contributed by atoms with E-state index in [4.69, 9.17) is 14.2 Å². The van der Waals surface area contributed by atoms with E-state index < -0.39 is 0 Å². The van der Waals surface area contributed by atoms with Crippen LogP contribution in [0.3, 0.4) is 0 Å². The van der Waals surface area contributed by atoms with Gasteiger partial charge in [-0.25, -0.2) is 4.98 Å². The maximum atomic E-state index is 12.6. The third-order valence-electron chi connectivity index (χ3n) is 4.48. The van der Waals surface area contributed by atoms with Gasteiger partial charge < -0.3 is 24.8 Å². The molecule has 7 nitrogen and oxygen atoms in total. The molecule has 1 aromatic heterocycles. The molecule has 1 amide bonds. The number of amides is 1. The second-order valence-corrected chi connectivity index (χ2v) is 7.48. The summed E-state index contributed by atoms with van der Waals surface area (Å²) in [4.78, 5) is 17.0. The zero-order valence-corrected chi connectivity index (χ0v) is 18.3. The lowest BCUT2D eigenvalue weighted by Gasteiger charge is -2.10. The van der Waals surface area contributed by atoms with Gasteiger partial charge in [-0.15, -0.1) is 11.3 Å². The minimum Gasteiger partial charge on any atom is -0.497 e. The highest BCUT2D eigenvalue weighted by Crippen LogP contribution is 2.32. The van der Waals surface area contributed by atoms with E-state index in [0.29, 0.717) is 33.8 Å². The number of rotatable bonds is 8. The van der Waals surface area contributed by atoms with Crippen LogP contribution in [0.15, 0.2) is 78.2 Å². The van der Waals surface area contributed by atoms with Gasteiger partial charge >= 0.3 is 0 Å². The summed E-state index contributed by atoms with van der Waals surface area (Å²) in [7, 11) is 3.17. The first-order valence-electron chi connectivity index (χ1n) is 9.73. The van der Waals surface area contributed by atoms with E-state index in [2.05, 4.69) is 15.6 Å². The SMILES string of the molecule is COc1ccc(Nc2nc(C(=O)Nc3ccc(Oc4ccccc4)cc3)cs2)c(OC)c1. The smallest absolute Gasteiger partial charge is 0.275 e. The maximum absolute atomic E-state index is 12.6. The Bertz CT molecular complexity index is 1190. The van der Waals surface area contributed by atoms with Crippen molar-refractivity contribution in [1.29, 1.82) is 0 Å². The minimum atomic E-state index is -0.298. The number of nitrogens with zero attached hydrogens (tertiary/aromatic N) is 1. The van der Waals surface area contributed by atoms with Crippen molar-refractivity contribution in [3.05, 3.63) is 83.9 Å². The fourth-order valence-corrected chi connectivity index (χ4v) is 3.58. The molecule has 0 fully saturated rings. The van der Waals surface area contributed by atoms with Crippen molar-refractivity contribution in [1.82, 2.24) is 4.98 Å². The number of carbonyl (C=O) groups excluding carboxylic acids is 1. The molecule has 4 aromatic rings. The van der Waals surface area contributed by atoms with Crippen LogP contribution in [0.2, 0.25) is 0 Å². The van der Waals surface area contributed by atoms with Crippen LogP contribution in [-0.2, 0) is 0 Å². The van der Waals surface area contributed by atoms with E-state index in [1.54, 1.807) is 49.9 Å². The maximum Gasteiger partial charge on any atom is 0.275 e. The molecule has 0 bridgehead atoms. The van der Waals surface area contributed by atoms with E-state index >= 15 is 0 Å². The van der Waals surface area contributed by atoms with E-state index in [1.165, 1.54) is 11.3 Å². The zero-order valence-electron chi connectivity index (χ0n) is 17.5. The van der Waals surface area contributed by atoms with Gasteiger partial charge in [-0.1, -0.05) is 18.2 Å². The van der Waals surface area contributed by atoms with Gasteiger partial charge in [-0.3, -0.25) is 4.79 Å². The highest BCUT2D eigenvalue weighted by Gasteiger charge is 2.13. The predicted octanol–water partition coefficient (Wildman–Crippen LogP) is 5.95. The number of nitrogens with one attached hydrogen (secondary N) is 2. The summed E-state index contributed by atoms with van der Waals surface area (Å²) in [6.45, 7) is 0. The summed E-state index contributed by atoms with van der Waals surface area (Å²) < 4.78 is 16.4. The molecule has 2 N–H and O–H groups in total. The number of aromatic nitrogens is 1. The Morgan fingerprint density at radius 1 is 0.875 bits per heavy atom. The highest BCUT2D eigenvalue weighted by atomic mass is 32.1. The Hall–Kier alpha value is -4.04. The van der Waals surface area contributed by atoms with E-state index in [0.717, 1.165) is 11.4 Å². The lowest BCUT2D eigenvalue weighted by Crippen LogP contribution is -2.12. The van der Waals surface area contributed by atoms with Crippen LogP contribution >= 0.6 is 11.3 Å². The van der Waals surface area contributed by atoms with Gasteiger partial charge in [0.25, 0.3) is 5.91 Å². The molecule has 4 rings (SSSR count). The first-order chi connectivity index (χ1) is 15.6. The number of hydrogen-bond acceptors (Lipinski definition) is 7. The Kier molecular flexibility index (Phi) is 6.52. The number of benzene rings is 3. The van der Waals surface area contributed by atoms with Crippen molar-refractivity contribution in [3.8, 4) is 23.0 Å². The Morgan fingerprint density at radius 2 is 1.59 bits per heavy atom. The van der Waals surface area contributed by atoms with Crippen LogP contribution in [-0.4, -0.2) is 25.1 Å². The summed E-state index contributed by atoms with van der Waals surface area (Å²) in [5.74, 6) is 2.44. The largest absolute Gasteiger partial charge is 0.497 e. The van der Waals surface area contributed by atoms with Gasteiger partial charge in [0.05, 0.1) is 19.9 Å². The molecule has 0 aliphatic heterocycles. The van der Waals surface area contributed by atoms with Crippen molar-refractivity contribution < 1.29 is 19.0 Å². The van der Waals surface area contributed by atoms with Crippen LogP contribution in [0.4, 0.5) is 16.5 Å². The summed E-state index contributed by atoms with van der Waals surface area (Å²) in [5, 5.41) is 8.29. The van der Waals surface area contributed by atoms with Crippen LogP contribution < -0.4 is 24.8 Å². The molecular weight excluding hydrogens is 426 g/mol. The molecule has 0 atom stereocenters. The molecule has 0 spiro atoms. The zero-order chi connectivity index (χ0) is 22.3. The number of ether oxygens (including phenoxy) is 3. The van der Waals surface area contributed by atoms with Gasteiger partial charge in [0, 0.05) is 17.1 Å². The van der Waals surface area contributed by atoms with Crippen LogP contribution in [0, 0.1) is 0 Å². The Balaban J connectivity index is 1.39. The van der Waals surface area contributed by atoms with Gasteiger partial charge in [0.2, 0.25) is 0 Å². The fraction of sp³-hybridized carbons (Fsp3) is 0.0833. The van der Waals surface area contributed by atoms with Crippen LogP contribution in [0.5, 0.6) is 23.0 Å². The first kappa shape index (κ1) is 21.2. The molecule has 0 aliphatic rings. The van der Waals surface area contributed by atoms with E-state index in [1.807, 2.05) is 42.5 Å². The monoisotopic (exact) mass is 447 g/mol. The summed E-state index contributed by atoms with van der Waals surface area (Å²) >= 11 is 1.33. The predicted molar refractivity (Wildman–Crippen MR) is 126 cm³/mol. The topological polar surface area (TPSA) is 81.7 Å². The second-order valence-electron chi connectivity index (χ2n) is 6.62. The second kappa shape index (κ2) is 9.84. The van der Waals surface area contributed by atoms with Gasteiger partial charge in [-0.05, 0) is 48.5 Å². The molecular formula is C24H21N3O4S. The average molecular weight is 448 g/mol. The molecule has 3 aromatic carbocycles. The number of hydrogen-bond donors (Lipinski definition) is 2. The Morgan fingerprint density at radius 3 is 2.31 bits per heavy atom. The van der Waals surface area contributed by atoms with Crippen molar-refractivity contribution in [2.45, 2.75) is 0 Å². The van der Waals surface area contributed by atoms with Gasteiger partial charge in [0.15, 0.2) is 5.13 Å². The van der Waals surface area contributed by atoms with E-state index in [-0.39, 0.29) is 5.91 Å². The standard InChI is InChI=1S/C24H21N3O4S/c1-29-19-12-13-20(22(14-19)30-2)26-24-27-21(15-32-24)23(28)25-16-8-10-18(11-9-16)31-17-6-4-3-5-7-17/h3-15H,1-2H3,(H,25,28)(H,26,27). The normalized spacial score (nSPS) is 10.3. The molecule has 0 unspecified atom stereocenters. The molecule has 32 heavy (non-hydrogen) atoms. The van der Waals surface area contributed by atoms with Gasteiger partial charge in [0.1, 0.15) is 28.7 Å². The van der Waals surface area contributed by atoms with Crippen molar-refractivity contribution in [3.63, 3.8) is 0 Å². The van der Waals surface area contributed by atoms with Crippen molar-refractivity contribution >= 4 is 33.8 Å². The Labute approximate surface area is 189 Å². The number of anilines is 3. The number of thiazole rings is 1. The molecule has 0 radical (unpaired) electrons. The minimum absolute atomic E-state index is 0.298. The lowest BCUT2D eigenvalue weighted by molar-refractivity contribution is 0.102. The third kappa shape index (κ3) is 5.16. The molecule has 162 valence electrons. The molecule has 8 heteroatoms. The van der Waals surface area contributed by atoms with Crippen LogP contribution in [0.25, 0.3) is 0 Å². The summed E-state index contributed by atoms with van der Waals surface area (Å²) in [5.41, 5.74) is 1.69. The van der Waals surface area contributed by atoms with Crippen molar-refractivity contribution in [2.24, 2.45) is 0 Å². The summed E-state index contributed by atoms with van der Waals surface area (Å²) in [6, 6.07) is 22.1. The highest BCUT2D eigenvalue weighted by molar-refractivity contribution is 7.14. The number of methoxy groups -OCH3 is 2. The van der Waals surface area contributed by atoms with Crippen LogP contribution in [0.1, 0.15) is 10.5 Å². The molecule has 0 saturated heterocycles. The quantitative estimate of drug-likeness (QED) is 0.347. The number of carbonyl (C=O) groups is 1. The fourth-order valence-electron chi connectivity index (χ4n) is 2.88. The molecule has 1 heterocycles. The third-order valence-corrected chi connectivity index (χ3v) is 5.24. The average Bonchev–Trinajstić information content (AvgIpc) is 3.30.